The Kier molecular flexibility index (Phi) is 5.05. The summed E-state index contributed by atoms with van der Waals surface area (Å²) in [5.41, 5.74) is 1.72. The molecule has 0 unspecified atom stereocenters. The van der Waals surface area contributed by atoms with Gasteiger partial charge in [0, 0.05) is 10.0 Å². The van der Waals surface area contributed by atoms with Crippen LogP contribution >= 0.6 is 23.2 Å². The molecule has 2 rings (SSSR count). The number of carbonyl (C=O) groups is 1. The van der Waals surface area contributed by atoms with Crippen LogP contribution in [0, 0.1) is 0 Å². The lowest BCUT2D eigenvalue weighted by Gasteiger charge is -2.15. The lowest BCUT2D eigenvalue weighted by molar-refractivity contribution is -0.121. The molecule has 0 aliphatic heterocycles. The van der Waals surface area contributed by atoms with Gasteiger partial charge in [-0.1, -0.05) is 59.6 Å². The molecule has 104 valence electrons. The molecule has 2 aromatic carbocycles. The lowest BCUT2D eigenvalue weighted by Crippen LogP contribution is -2.28. The summed E-state index contributed by atoms with van der Waals surface area (Å²) in [7, 11) is 0. The van der Waals surface area contributed by atoms with E-state index in [4.69, 9.17) is 23.2 Å². The molecule has 0 spiro atoms. The number of halogens is 2. The van der Waals surface area contributed by atoms with Gasteiger partial charge in [-0.3, -0.25) is 4.79 Å². The minimum Gasteiger partial charge on any atom is -0.349 e. The molecular formula is C16H15Cl2NO. The molecular weight excluding hydrogens is 293 g/mol. The second-order valence-corrected chi connectivity index (χ2v) is 5.39. The van der Waals surface area contributed by atoms with E-state index in [0.717, 1.165) is 5.56 Å². The number of amides is 1. The number of carbonyl (C=O) groups excluding carboxylic acids is 1. The highest BCUT2D eigenvalue weighted by Crippen LogP contribution is 2.24. The molecule has 4 heteroatoms. The van der Waals surface area contributed by atoms with Gasteiger partial charge in [0.1, 0.15) is 0 Å². The van der Waals surface area contributed by atoms with Gasteiger partial charge >= 0.3 is 0 Å². The standard InChI is InChI=1S/C16H15Cl2NO/c1-11(12-6-3-2-4-7-12)19-16(20)10-13-14(17)8-5-9-15(13)18/h2-9,11H,10H2,1H3,(H,19,20)/t11-/m0/s1. The fourth-order valence-electron chi connectivity index (χ4n) is 1.98. The van der Waals surface area contributed by atoms with E-state index in [0.29, 0.717) is 15.6 Å². The molecule has 2 nitrogen and oxygen atoms in total. The first-order valence-electron chi connectivity index (χ1n) is 6.35. The summed E-state index contributed by atoms with van der Waals surface area (Å²) in [5, 5.41) is 3.97. The Hall–Kier alpha value is -1.51. The van der Waals surface area contributed by atoms with Crippen molar-refractivity contribution in [3.05, 3.63) is 69.7 Å². The Balaban J connectivity index is 2.03. The van der Waals surface area contributed by atoms with Gasteiger partial charge in [-0.05, 0) is 30.2 Å². The summed E-state index contributed by atoms with van der Waals surface area (Å²) in [5.74, 6) is -0.101. The molecule has 2 aromatic rings. The molecule has 1 amide bonds. The van der Waals surface area contributed by atoms with Gasteiger partial charge < -0.3 is 5.32 Å². The van der Waals surface area contributed by atoms with Crippen LogP contribution in [0.4, 0.5) is 0 Å². The second kappa shape index (κ2) is 6.78. The van der Waals surface area contributed by atoms with Gasteiger partial charge in [-0.25, -0.2) is 0 Å². The van der Waals surface area contributed by atoms with E-state index in [9.17, 15) is 4.79 Å². The zero-order valence-corrected chi connectivity index (χ0v) is 12.6. The van der Waals surface area contributed by atoms with E-state index in [1.807, 2.05) is 37.3 Å². The summed E-state index contributed by atoms with van der Waals surface area (Å²) in [4.78, 5) is 12.1. The molecule has 1 N–H and O–H groups in total. The van der Waals surface area contributed by atoms with E-state index < -0.39 is 0 Å². The van der Waals surface area contributed by atoms with Crippen LogP contribution in [0.1, 0.15) is 24.1 Å². The van der Waals surface area contributed by atoms with E-state index >= 15 is 0 Å². The number of nitrogens with one attached hydrogen (secondary N) is 1. The quantitative estimate of drug-likeness (QED) is 0.890. The fraction of sp³-hybridized carbons (Fsp3) is 0.188. The predicted octanol–water partition coefficient (Wildman–Crippen LogP) is 4.41. The summed E-state index contributed by atoms with van der Waals surface area (Å²) in [6.45, 7) is 1.95. The molecule has 0 radical (unpaired) electrons. The molecule has 0 fully saturated rings. The van der Waals surface area contributed by atoms with Crippen LogP contribution in [-0.2, 0) is 11.2 Å². The predicted molar refractivity (Wildman–Crippen MR) is 83.2 cm³/mol. The topological polar surface area (TPSA) is 29.1 Å². The first-order valence-corrected chi connectivity index (χ1v) is 7.10. The first kappa shape index (κ1) is 14.9. The maximum Gasteiger partial charge on any atom is 0.225 e. The van der Waals surface area contributed by atoms with Crippen LogP contribution in [0.3, 0.4) is 0 Å². The van der Waals surface area contributed by atoms with Crippen molar-refractivity contribution < 1.29 is 4.79 Å². The number of benzene rings is 2. The molecule has 0 heterocycles. The van der Waals surface area contributed by atoms with Crippen LogP contribution in [0.2, 0.25) is 10.0 Å². The zero-order chi connectivity index (χ0) is 14.5. The largest absolute Gasteiger partial charge is 0.349 e. The lowest BCUT2D eigenvalue weighted by atomic mass is 10.1. The molecule has 0 aromatic heterocycles. The highest BCUT2D eigenvalue weighted by atomic mass is 35.5. The van der Waals surface area contributed by atoms with Crippen molar-refractivity contribution in [3.63, 3.8) is 0 Å². The number of hydrogen-bond donors (Lipinski definition) is 1. The Labute approximate surface area is 128 Å². The van der Waals surface area contributed by atoms with Crippen molar-refractivity contribution in [1.29, 1.82) is 0 Å². The van der Waals surface area contributed by atoms with E-state index in [1.165, 1.54) is 0 Å². The Morgan fingerprint density at radius 1 is 1.05 bits per heavy atom. The van der Waals surface area contributed by atoms with Crippen LogP contribution in [0.15, 0.2) is 48.5 Å². The van der Waals surface area contributed by atoms with Gasteiger partial charge in [0.2, 0.25) is 5.91 Å². The van der Waals surface area contributed by atoms with E-state index in [1.54, 1.807) is 18.2 Å². The fourth-order valence-corrected chi connectivity index (χ4v) is 2.51. The molecule has 20 heavy (non-hydrogen) atoms. The maximum atomic E-state index is 12.1. The maximum absolute atomic E-state index is 12.1. The minimum atomic E-state index is -0.101. The molecule has 0 bridgehead atoms. The summed E-state index contributed by atoms with van der Waals surface area (Å²) < 4.78 is 0. The Morgan fingerprint density at radius 2 is 1.65 bits per heavy atom. The van der Waals surface area contributed by atoms with Gasteiger partial charge in [-0.15, -0.1) is 0 Å². The van der Waals surface area contributed by atoms with Gasteiger partial charge in [-0.2, -0.15) is 0 Å². The van der Waals surface area contributed by atoms with Crippen LogP contribution in [0.5, 0.6) is 0 Å². The van der Waals surface area contributed by atoms with Crippen molar-refractivity contribution in [2.75, 3.05) is 0 Å². The van der Waals surface area contributed by atoms with Crippen LogP contribution in [0.25, 0.3) is 0 Å². The SMILES string of the molecule is C[C@H](NC(=O)Cc1c(Cl)cccc1Cl)c1ccccc1. The normalized spacial score (nSPS) is 11.9. The average molecular weight is 308 g/mol. The summed E-state index contributed by atoms with van der Waals surface area (Å²) >= 11 is 12.1. The minimum absolute atomic E-state index is 0.0510. The van der Waals surface area contributed by atoms with Crippen LogP contribution in [-0.4, -0.2) is 5.91 Å². The summed E-state index contributed by atoms with van der Waals surface area (Å²) in [6.07, 6.45) is 0.176. The first-order chi connectivity index (χ1) is 9.58. The van der Waals surface area contributed by atoms with Crippen LogP contribution < -0.4 is 5.32 Å². The molecule has 0 aliphatic rings. The average Bonchev–Trinajstić information content (AvgIpc) is 2.44. The second-order valence-electron chi connectivity index (χ2n) is 4.58. The highest BCUT2D eigenvalue weighted by Gasteiger charge is 2.13. The third-order valence-corrected chi connectivity index (χ3v) is 3.78. The third-order valence-electron chi connectivity index (χ3n) is 3.08. The molecule has 1 atom stereocenters. The van der Waals surface area contributed by atoms with Crippen molar-refractivity contribution in [2.24, 2.45) is 0 Å². The molecule has 0 saturated carbocycles. The summed E-state index contributed by atoms with van der Waals surface area (Å²) in [6, 6.07) is 15.0. The van der Waals surface area contributed by atoms with E-state index in [-0.39, 0.29) is 18.4 Å². The van der Waals surface area contributed by atoms with Crippen molar-refractivity contribution in [2.45, 2.75) is 19.4 Å². The van der Waals surface area contributed by atoms with E-state index in [2.05, 4.69) is 5.32 Å². The molecule has 0 aliphatic carbocycles. The van der Waals surface area contributed by atoms with Crippen molar-refractivity contribution in [1.82, 2.24) is 5.32 Å². The van der Waals surface area contributed by atoms with Gasteiger partial charge in [0.15, 0.2) is 0 Å². The smallest absolute Gasteiger partial charge is 0.225 e. The van der Waals surface area contributed by atoms with Crippen molar-refractivity contribution >= 4 is 29.1 Å². The number of rotatable bonds is 4. The van der Waals surface area contributed by atoms with Gasteiger partial charge in [0.05, 0.1) is 12.5 Å². The Bertz CT molecular complexity index is 578. The third kappa shape index (κ3) is 3.75. The van der Waals surface area contributed by atoms with Crippen molar-refractivity contribution in [3.8, 4) is 0 Å². The monoisotopic (exact) mass is 307 g/mol. The molecule has 0 saturated heterocycles. The highest BCUT2D eigenvalue weighted by molar-refractivity contribution is 6.36. The zero-order valence-electron chi connectivity index (χ0n) is 11.1. The Morgan fingerprint density at radius 3 is 2.25 bits per heavy atom. The number of hydrogen-bond acceptors (Lipinski definition) is 1. The van der Waals surface area contributed by atoms with Gasteiger partial charge in [0.25, 0.3) is 0 Å².